The van der Waals surface area contributed by atoms with Crippen LogP contribution in [0.3, 0.4) is 0 Å². The maximum atomic E-state index is 13.5. The minimum Gasteiger partial charge on any atom is -0.352 e. The van der Waals surface area contributed by atoms with Crippen LogP contribution < -0.4 is 5.32 Å². The zero-order valence-electron chi connectivity index (χ0n) is 10.9. The van der Waals surface area contributed by atoms with E-state index in [0.717, 1.165) is 5.56 Å². The largest absolute Gasteiger partial charge is 0.352 e. The van der Waals surface area contributed by atoms with E-state index in [1.807, 2.05) is 0 Å². The highest BCUT2D eigenvalue weighted by molar-refractivity contribution is 5.94. The van der Waals surface area contributed by atoms with Gasteiger partial charge in [0.1, 0.15) is 5.82 Å². The summed E-state index contributed by atoms with van der Waals surface area (Å²) in [4.78, 5) is 11.8. The van der Waals surface area contributed by atoms with E-state index in [9.17, 15) is 9.18 Å². The van der Waals surface area contributed by atoms with Gasteiger partial charge in [-0.3, -0.25) is 4.79 Å². The van der Waals surface area contributed by atoms with Crippen molar-refractivity contribution in [1.82, 2.24) is 5.32 Å². The van der Waals surface area contributed by atoms with E-state index in [4.69, 9.17) is 0 Å². The number of aryl methyl sites for hydroxylation is 1. The highest BCUT2D eigenvalue weighted by Crippen LogP contribution is 2.11. The van der Waals surface area contributed by atoms with Gasteiger partial charge in [0.15, 0.2) is 0 Å². The van der Waals surface area contributed by atoms with E-state index >= 15 is 0 Å². The first-order valence-electron chi connectivity index (χ1n) is 5.96. The molecule has 1 aromatic rings. The number of nitrogens with one attached hydrogen (secondary N) is 1. The molecule has 17 heavy (non-hydrogen) atoms. The van der Waals surface area contributed by atoms with Crippen LogP contribution in [0.5, 0.6) is 0 Å². The maximum absolute atomic E-state index is 13.5. The van der Waals surface area contributed by atoms with Crippen molar-refractivity contribution in [3.63, 3.8) is 0 Å². The molecule has 1 N–H and O–H groups in total. The van der Waals surface area contributed by atoms with E-state index in [2.05, 4.69) is 26.1 Å². The first-order valence-corrected chi connectivity index (χ1v) is 5.96. The fourth-order valence-electron chi connectivity index (χ4n) is 1.39. The summed E-state index contributed by atoms with van der Waals surface area (Å²) in [6, 6.07) is 4.64. The lowest BCUT2D eigenvalue weighted by atomic mass is 9.98. The van der Waals surface area contributed by atoms with Crippen LogP contribution in [0.25, 0.3) is 0 Å². The van der Waals surface area contributed by atoms with Gasteiger partial charge in [0.05, 0.1) is 5.56 Å². The number of amides is 1. The summed E-state index contributed by atoms with van der Waals surface area (Å²) < 4.78 is 13.5. The summed E-state index contributed by atoms with van der Waals surface area (Å²) >= 11 is 0. The molecule has 0 aliphatic rings. The molecule has 1 rings (SSSR count). The van der Waals surface area contributed by atoms with E-state index in [0.29, 0.717) is 18.4 Å². The van der Waals surface area contributed by atoms with Gasteiger partial charge in [0.2, 0.25) is 0 Å². The Morgan fingerprint density at radius 2 is 2.00 bits per heavy atom. The summed E-state index contributed by atoms with van der Waals surface area (Å²) in [7, 11) is 0. The van der Waals surface area contributed by atoms with Crippen LogP contribution in [0, 0.1) is 24.6 Å². The standard InChI is InChI=1S/C14H20FNO/c1-9(2)11(4)8-16-14(17)12-6-5-10(3)7-13(12)15/h5-7,9,11H,8H2,1-4H3,(H,16,17). The Kier molecular flexibility index (Phi) is 4.67. The Bertz CT molecular complexity index is 401. The average molecular weight is 237 g/mol. The molecular formula is C14H20FNO. The minimum absolute atomic E-state index is 0.117. The van der Waals surface area contributed by atoms with Crippen molar-refractivity contribution in [2.75, 3.05) is 6.54 Å². The minimum atomic E-state index is -0.459. The Labute approximate surface area is 102 Å². The van der Waals surface area contributed by atoms with Gasteiger partial charge in [-0.15, -0.1) is 0 Å². The molecule has 1 unspecified atom stereocenters. The quantitative estimate of drug-likeness (QED) is 0.856. The molecule has 1 amide bonds. The van der Waals surface area contributed by atoms with E-state index < -0.39 is 5.82 Å². The van der Waals surface area contributed by atoms with Crippen LogP contribution in [0.15, 0.2) is 18.2 Å². The molecule has 3 heteroatoms. The van der Waals surface area contributed by atoms with Gasteiger partial charge in [-0.2, -0.15) is 0 Å². The lowest BCUT2D eigenvalue weighted by Gasteiger charge is -2.16. The highest BCUT2D eigenvalue weighted by atomic mass is 19.1. The van der Waals surface area contributed by atoms with Crippen molar-refractivity contribution in [1.29, 1.82) is 0 Å². The molecule has 0 aliphatic heterocycles. The fourth-order valence-corrected chi connectivity index (χ4v) is 1.39. The molecule has 0 radical (unpaired) electrons. The van der Waals surface area contributed by atoms with Gasteiger partial charge in [-0.1, -0.05) is 26.8 Å². The van der Waals surface area contributed by atoms with Gasteiger partial charge in [0.25, 0.3) is 5.91 Å². The second-order valence-corrected chi connectivity index (χ2v) is 4.91. The van der Waals surface area contributed by atoms with Gasteiger partial charge >= 0.3 is 0 Å². The molecule has 0 saturated heterocycles. The third-order valence-electron chi connectivity index (χ3n) is 3.09. The summed E-state index contributed by atoms with van der Waals surface area (Å²) in [6.07, 6.45) is 0. The van der Waals surface area contributed by atoms with Crippen molar-refractivity contribution in [3.05, 3.63) is 35.1 Å². The number of rotatable bonds is 4. The van der Waals surface area contributed by atoms with Crippen molar-refractivity contribution in [2.45, 2.75) is 27.7 Å². The SMILES string of the molecule is Cc1ccc(C(=O)NCC(C)C(C)C)c(F)c1. The number of benzene rings is 1. The summed E-state index contributed by atoms with van der Waals surface area (Å²) in [5.41, 5.74) is 0.932. The van der Waals surface area contributed by atoms with Gasteiger partial charge in [0, 0.05) is 6.54 Å². The molecule has 0 bridgehead atoms. The average Bonchev–Trinajstić information content (AvgIpc) is 2.25. The zero-order valence-corrected chi connectivity index (χ0v) is 10.9. The van der Waals surface area contributed by atoms with E-state index in [1.165, 1.54) is 12.1 Å². The number of carbonyl (C=O) groups excluding carboxylic acids is 1. The Morgan fingerprint density at radius 3 is 2.53 bits per heavy atom. The van der Waals surface area contributed by atoms with Crippen molar-refractivity contribution in [2.24, 2.45) is 11.8 Å². The number of hydrogen-bond acceptors (Lipinski definition) is 1. The molecule has 0 aromatic heterocycles. The van der Waals surface area contributed by atoms with E-state index in [-0.39, 0.29) is 11.5 Å². The molecule has 2 nitrogen and oxygen atoms in total. The van der Waals surface area contributed by atoms with Crippen LogP contribution in [-0.4, -0.2) is 12.5 Å². The molecule has 1 atom stereocenters. The smallest absolute Gasteiger partial charge is 0.254 e. The monoisotopic (exact) mass is 237 g/mol. The Hall–Kier alpha value is -1.38. The van der Waals surface area contributed by atoms with Crippen molar-refractivity contribution in [3.8, 4) is 0 Å². The van der Waals surface area contributed by atoms with Gasteiger partial charge in [-0.05, 0) is 36.5 Å². The third-order valence-corrected chi connectivity index (χ3v) is 3.09. The first-order chi connectivity index (χ1) is 7.91. The van der Waals surface area contributed by atoms with Gasteiger partial charge in [-0.25, -0.2) is 4.39 Å². The molecule has 0 saturated carbocycles. The van der Waals surface area contributed by atoms with Gasteiger partial charge < -0.3 is 5.32 Å². The Morgan fingerprint density at radius 1 is 1.35 bits per heavy atom. The van der Waals surface area contributed by atoms with Crippen molar-refractivity contribution >= 4 is 5.91 Å². The van der Waals surface area contributed by atoms with Crippen LogP contribution in [0.4, 0.5) is 4.39 Å². The topological polar surface area (TPSA) is 29.1 Å². The normalized spacial score (nSPS) is 12.6. The number of hydrogen-bond donors (Lipinski definition) is 1. The van der Waals surface area contributed by atoms with Crippen molar-refractivity contribution < 1.29 is 9.18 Å². The first kappa shape index (κ1) is 13.7. The second-order valence-electron chi connectivity index (χ2n) is 4.91. The maximum Gasteiger partial charge on any atom is 0.254 e. The molecule has 0 aliphatic carbocycles. The summed E-state index contributed by atoms with van der Waals surface area (Å²) in [5.74, 6) is 0.0836. The third kappa shape index (κ3) is 3.84. The molecule has 1 aromatic carbocycles. The summed E-state index contributed by atoms with van der Waals surface area (Å²) in [5, 5.41) is 2.76. The molecule has 0 spiro atoms. The predicted molar refractivity (Wildman–Crippen MR) is 67.5 cm³/mol. The molecule has 94 valence electrons. The number of halogens is 1. The molecular weight excluding hydrogens is 217 g/mol. The fraction of sp³-hybridized carbons (Fsp3) is 0.500. The van der Waals surface area contributed by atoms with Crippen LogP contribution in [-0.2, 0) is 0 Å². The lowest BCUT2D eigenvalue weighted by Crippen LogP contribution is -2.30. The second kappa shape index (κ2) is 5.80. The predicted octanol–water partition coefficient (Wildman–Crippen LogP) is 3.16. The van der Waals surface area contributed by atoms with Crippen LogP contribution >= 0.6 is 0 Å². The van der Waals surface area contributed by atoms with Crippen LogP contribution in [0.2, 0.25) is 0 Å². The number of carbonyl (C=O) groups is 1. The lowest BCUT2D eigenvalue weighted by molar-refractivity contribution is 0.0941. The van der Waals surface area contributed by atoms with E-state index in [1.54, 1.807) is 13.0 Å². The summed E-state index contributed by atoms with van der Waals surface area (Å²) in [6.45, 7) is 8.64. The molecule has 0 fully saturated rings. The van der Waals surface area contributed by atoms with Crippen LogP contribution in [0.1, 0.15) is 36.7 Å². The highest BCUT2D eigenvalue weighted by Gasteiger charge is 2.13. The zero-order chi connectivity index (χ0) is 13.0. The molecule has 0 heterocycles. The Balaban J connectivity index is 2.64.